The molecule has 0 aliphatic heterocycles. The van der Waals surface area contributed by atoms with Crippen LogP contribution in [0.5, 0.6) is 0 Å². The number of imidazole rings is 1. The maximum absolute atomic E-state index is 13.2. The molecule has 1 heterocycles. The van der Waals surface area contributed by atoms with Gasteiger partial charge in [0, 0.05) is 29.6 Å². The van der Waals surface area contributed by atoms with E-state index >= 15 is 0 Å². The molecule has 6 heteroatoms. The summed E-state index contributed by atoms with van der Waals surface area (Å²) in [6.07, 6.45) is 1.91. The van der Waals surface area contributed by atoms with Crippen LogP contribution in [0.15, 0.2) is 91.1 Å². The number of benzene rings is 3. The topological polar surface area (TPSA) is 67.2 Å². The van der Waals surface area contributed by atoms with E-state index in [1.807, 2.05) is 104 Å². The lowest BCUT2D eigenvalue weighted by molar-refractivity contribution is -0.117. The summed E-state index contributed by atoms with van der Waals surface area (Å²) in [4.78, 5) is 32.6. The van der Waals surface area contributed by atoms with Crippen molar-refractivity contribution in [2.75, 3.05) is 18.4 Å². The summed E-state index contributed by atoms with van der Waals surface area (Å²) in [5.74, 6) is 0.166. The third-order valence-electron chi connectivity index (χ3n) is 5.57. The van der Waals surface area contributed by atoms with E-state index in [1.54, 1.807) is 17.0 Å². The molecule has 1 aromatic heterocycles. The number of hydrogen-bond acceptors (Lipinski definition) is 3. The Hall–Kier alpha value is -4.19. The lowest BCUT2D eigenvalue weighted by Gasteiger charge is -2.24. The second-order valence-corrected chi connectivity index (χ2v) is 9.02. The lowest BCUT2D eigenvalue weighted by atomic mass is 10.1. The van der Waals surface area contributed by atoms with Gasteiger partial charge in [-0.25, -0.2) is 4.98 Å². The highest BCUT2D eigenvalue weighted by atomic mass is 16.2. The molecule has 1 N–H and O–H groups in total. The highest BCUT2D eigenvalue weighted by molar-refractivity contribution is 5.99. The van der Waals surface area contributed by atoms with Gasteiger partial charge >= 0.3 is 0 Å². The predicted molar refractivity (Wildman–Crippen MR) is 140 cm³/mol. The molecule has 2 amide bonds. The molecule has 0 saturated heterocycles. The van der Waals surface area contributed by atoms with Crippen LogP contribution in [0.4, 0.5) is 5.95 Å². The van der Waals surface area contributed by atoms with Crippen molar-refractivity contribution in [1.29, 1.82) is 0 Å². The number of rotatable bonds is 8. The average molecular weight is 467 g/mol. The van der Waals surface area contributed by atoms with Crippen molar-refractivity contribution in [3.05, 3.63) is 102 Å². The van der Waals surface area contributed by atoms with E-state index in [-0.39, 0.29) is 24.3 Å². The molecular formula is C29H30N4O2. The molecule has 0 aliphatic rings. The van der Waals surface area contributed by atoms with Gasteiger partial charge < -0.3 is 4.90 Å². The van der Waals surface area contributed by atoms with Crippen molar-refractivity contribution in [3.8, 4) is 16.9 Å². The van der Waals surface area contributed by atoms with E-state index in [0.717, 1.165) is 22.5 Å². The highest BCUT2D eigenvalue weighted by Crippen LogP contribution is 2.24. The largest absolute Gasteiger partial charge is 0.329 e. The molecular weight excluding hydrogens is 436 g/mol. The normalized spacial score (nSPS) is 10.9. The Morgan fingerprint density at radius 1 is 0.914 bits per heavy atom. The smallest absolute Gasteiger partial charge is 0.254 e. The van der Waals surface area contributed by atoms with Crippen LogP contribution in [0.3, 0.4) is 0 Å². The molecule has 35 heavy (non-hydrogen) atoms. The Morgan fingerprint density at radius 2 is 1.54 bits per heavy atom. The van der Waals surface area contributed by atoms with Crippen molar-refractivity contribution in [1.82, 2.24) is 14.5 Å². The number of aromatic nitrogens is 2. The van der Waals surface area contributed by atoms with Gasteiger partial charge in [0.05, 0.1) is 5.69 Å². The van der Waals surface area contributed by atoms with Crippen LogP contribution in [0.25, 0.3) is 16.9 Å². The summed E-state index contributed by atoms with van der Waals surface area (Å²) in [6.45, 7) is 6.50. The molecule has 0 saturated carbocycles. The number of nitrogens with one attached hydrogen (secondary N) is 1. The van der Waals surface area contributed by atoms with Crippen LogP contribution >= 0.6 is 0 Å². The Morgan fingerprint density at radius 3 is 2.17 bits per heavy atom. The van der Waals surface area contributed by atoms with Gasteiger partial charge in [0.1, 0.15) is 6.54 Å². The summed E-state index contributed by atoms with van der Waals surface area (Å²) in [7, 11) is 0. The Labute approximate surface area is 206 Å². The zero-order valence-corrected chi connectivity index (χ0v) is 20.3. The van der Waals surface area contributed by atoms with Crippen molar-refractivity contribution in [3.63, 3.8) is 0 Å². The van der Waals surface area contributed by atoms with Crippen LogP contribution in [0.1, 0.15) is 29.8 Å². The SMILES string of the molecule is Cc1ccc(-n2cc(-c3ccccc3)nc2NC(=O)CN(CC(C)C)C(=O)c2ccccc2)cc1. The second-order valence-electron chi connectivity index (χ2n) is 9.02. The van der Waals surface area contributed by atoms with Gasteiger partial charge in [0.15, 0.2) is 0 Å². The molecule has 4 rings (SSSR count). The molecule has 3 aromatic carbocycles. The molecule has 0 radical (unpaired) electrons. The van der Waals surface area contributed by atoms with Crippen LogP contribution < -0.4 is 5.32 Å². The summed E-state index contributed by atoms with van der Waals surface area (Å²) in [6, 6.07) is 26.9. The highest BCUT2D eigenvalue weighted by Gasteiger charge is 2.21. The van der Waals surface area contributed by atoms with E-state index in [9.17, 15) is 9.59 Å². The average Bonchev–Trinajstić information content (AvgIpc) is 3.28. The van der Waals surface area contributed by atoms with E-state index in [2.05, 4.69) is 5.32 Å². The van der Waals surface area contributed by atoms with Gasteiger partial charge in [-0.1, -0.05) is 80.1 Å². The molecule has 6 nitrogen and oxygen atoms in total. The monoisotopic (exact) mass is 466 g/mol. The van der Waals surface area contributed by atoms with E-state index in [4.69, 9.17) is 4.98 Å². The molecule has 0 fully saturated rings. The maximum Gasteiger partial charge on any atom is 0.254 e. The predicted octanol–water partition coefficient (Wildman–Crippen LogP) is 5.58. The number of hydrogen-bond donors (Lipinski definition) is 1. The minimum absolute atomic E-state index is 0.0622. The number of anilines is 1. The van der Waals surface area contributed by atoms with Crippen molar-refractivity contribution >= 4 is 17.8 Å². The lowest BCUT2D eigenvalue weighted by Crippen LogP contribution is -2.40. The number of amides is 2. The minimum Gasteiger partial charge on any atom is -0.329 e. The first kappa shape index (κ1) is 24.0. The van der Waals surface area contributed by atoms with Gasteiger partial charge in [0.2, 0.25) is 11.9 Å². The summed E-state index contributed by atoms with van der Waals surface area (Å²) in [5.41, 5.74) is 4.30. The third kappa shape index (κ3) is 6.03. The minimum atomic E-state index is -0.298. The molecule has 4 aromatic rings. The Balaban J connectivity index is 1.61. The third-order valence-corrected chi connectivity index (χ3v) is 5.57. The fourth-order valence-electron chi connectivity index (χ4n) is 3.88. The fourth-order valence-corrected chi connectivity index (χ4v) is 3.88. The number of nitrogens with zero attached hydrogens (tertiary/aromatic N) is 3. The summed E-state index contributed by atoms with van der Waals surface area (Å²) in [5, 5.41) is 2.94. The number of carbonyl (C=O) groups excluding carboxylic acids is 2. The molecule has 178 valence electrons. The first-order chi connectivity index (χ1) is 16.9. The van der Waals surface area contributed by atoms with E-state index in [1.165, 1.54) is 0 Å². The van der Waals surface area contributed by atoms with Crippen molar-refractivity contribution in [2.24, 2.45) is 5.92 Å². The zero-order chi connectivity index (χ0) is 24.8. The first-order valence-corrected chi connectivity index (χ1v) is 11.8. The van der Waals surface area contributed by atoms with Gasteiger partial charge in [-0.15, -0.1) is 0 Å². The Kier molecular flexibility index (Phi) is 7.41. The summed E-state index contributed by atoms with van der Waals surface area (Å²) < 4.78 is 1.87. The van der Waals surface area contributed by atoms with Crippen LogP contribution in [-0.2, 0) is 4.79 Å². The number of carbonyl (C=O) groups is 2. The quantitative estimate of drug-likeness (QED) is 0.368. The standard InChI is InChI=1S/C29H30N4O2/c1-21(2)18-32(28(35)24-12-8-5-9-13-24)20-27(34)31-29-30-26(23-10-6-4-7-11-23)19-33(29)25-16-14-22(3)15-17-25/h4-17,19,21H,18,20H2,1-3H3,(H,30,31,34). The van der Waals surface area contributed by atoms with Crippen LogP contribution in [-0.4, -0.2) is 39.4 Å². The molecule has 0 unspecified atom stereocenters. The fraction of sp³-hybridized carbons (Fsp3) is 0.207. The van der Waals surface area contributed by atoms with Crippen LogP contribution in [0.2, 0.25) is 0 Å². The number of aryl methyl sites for hydroxylation is 1. The van der Waals surface area contributed by atoms with Gasteiger partial charge in [-0.05, 0) is 37.1 Å². The first-order valence-electron chi connectivity index (χ1n) is 11.8. The van der Waals surface area contributed by atoms with Crippen molar-refractivity contribution < 1.29 is 9.59 Å². The summed E-state index contributed by atoms with van der Waals surface area (Å²) >= 11 is 0. The molecule has 0 spiro atoms. The van der Waals surface area contributed by atoms with E-state index < -0.39 is 0 Å². The van der Waals surface area contributed by atoms with Gasteiger partial charge in [0.25, 0.3) is 5.91 Å². The molecule has 0 bridgehead atoms. The maximum atomic E-state index is 13.2. The Bertz CT molecular complexity index is 1280. The van der Waals surface area contributed by atoms with Gasteiger partial charge in [-0.2, -0.15) is 0 Å². The second kappa shape index (κ2) is 10.8. The zero-order valence-electron chi connectivity index (χ0n) is 20.3. The van der Waals surface area contributed by atoms with Crippen LogP contribution in [0, 0.1) is 12.8 Å². The van der Waals surface area contributed by atoms with E-state index in [0.29, 0.717) is 18.1 Å². The van der Waals surface area contributed by atoms with Crippen molar-refractivity contribution in [2.45, 2.75) is 20.8 Å². The molecule has 0 atom stereocenters. The molecule has 0 aliphatic carbocycles. The van der Waals surface area contributed by atoms with Gasteiger partial charge in [-0.3, -0.25) is 19.5 Å².